The maximum absolute atomic E-state index is 12.1. The summed E-state index contributed by atoms with van der Waals surface area (Å²) in [6.07, 6.45) is 2.92. The van der Waals surface area contributed by atoms with Gasteiger partial charge in [-0.1, -0.05) is 30.3 Å². The average Bonchev–Trinajstić information content (AvgIpc) is 3.18. The summed E-state index contributed by atoms with van der Waals surface area (Å²) in [5, 5.41) is 7.30. The summed E-state index contributed by atoms with van der Waals surface area (Å²) < 4.78 is 1.78. The molecule has 2 atom stereocenters. The van der Waals surface area contributed by atoms with Crippen molar-refractivity contribution >= 4 is 5.91 Å². The van der Waals surface area contributed by atoms with E-state index in [0.717, 1.165) is 17.7 Å². The molecule has 1 saturated carbocycles. The number of nitrogens with one attached hydrogen (secondary N) is 1. The van der Waals surface area contributed by atoms with Crippen molar-refractivity contribution in [2.45, 2.75) is 25.8 Å². The van der Waals surface area contributed by atoms with E-state index in [2.05, 4.69) is 22.5 Å². The van der Waals surface area contributed by atoms with Gasteiger partial charge in [0.25, 0.3) is 0 Å². The van der Waals surface area contributed by atoms with Crippen LogP contribution in [0.5, 0.6) is 0 Å². The van der Waals surface area contributed by atoms with Gasteiger partial charge in [-0.15, -0.1) is 0 Å². The van der Waals surface area contributed by atoms with Crippen molar-refractivity contribution in [3.8, 4) is 0 Å². The first kappa shape index (κ1) is 12.9. The van der Waals surface area contributed by atoms with E-state index >= 15 is 0 Å². The van der Waals surface area contributed by atoms with Gasteiger partial charge in [0.15, 0.2) is 0 Å². The summed E-state index contributed by atoms with van der Waals surface area (Å²) in [6, 6.07) is 10.3. The first-order valence-electron chi connectivity index (χ1n) is 6.97. The molecule has 1 N–H and O–H groups in total. The first-order chi connectivity index (χ1) is 9.65. The van der Waals surface area contributed by atoms with E-state index in [4.69, 9.17) is 0 Å². The molecule has 1 aliphatic rings. The van der Waals surface area contributed by atoms with E-state index in [1.54, 1.807) is 4.68 Å². The van der Waals surface area contributed by atoms with Crippen LogP contribution in [0.15, 0.2) is 36.5 Å². The number of aromatic nitrogens is 2. The molecular formula is C16H19N3O. The minimum atomic E-state index is 0.134. The van der Waals surface area contributed by atoms with Gasteiger partial charge < -0.3 is 5.32 Å². The van der Waals surface area contributed by atoms with Gasteiger partial charge in [0.05, 0.1) is 5.69 Å². The summed E-state index contributed by atoms with van der Waals surface area (Å²) in [5.41, 5.74) is 3.33. The minimum Gasteiger partial charge on any atom is -0.352 e. The second-order valence-corrected chi connectivity index (χ2v) is 5.49. The first-order valence-corrected chi connectivity index (χ1v) is 6.97. The Balaban J connectivity index is 1.55. The molecule has 0 spiro atoms. The van der Waals surface area contributed by atoms with Gasteiger partial charge in [-0.2, -0.15) is 5.10 Å². The number of amides is 1. The zero-order chi connectivity index (χ0) is 14.1. The number of rotatable bonds is 4. The Labute approximate surface area is 118 Å². The van der Waals surface area contributed by atoms with E-state index in [9.17, 15) is 4.79 Å². The van der Waals surface area contributed by atoms with Crippen LogP contribution in [0.4, 0.5) is 0 Å². The number of nitrogens with zero attached hydrogens (tertiary/aromatic N) is 2. The molecule has 2 aromatic rings. The maximum atomic E-state index is 12.1. The molecule has 0 saturated heterocycles. The van der Waals surface area contributed by atoms with Crippen LogP contribution >= 0.6 is 0 Å². The Hall–Kier alpha value is -2.10. The van der Waals surface area contributed by atoms with Crippen molar-refractivity contribution in [3.05, 3.63) is 53.3 Å². The van der Waals surface area contributed by atoms with Crippen molar-refractivity contribution in [2.24, 2.45) is 13.0 Å². The quantitative estimate of drug-likeness (QED) is 0.924. The molecule has 3 rings (SSSR count). The summed E-state index contributed by atoms with van der Waals surface area (Å²) in [4.78, 5) is 12.1. The van der Waals surface area contributed by atoms with Crippen molar-refractivity contribution < 1.29 is 4.79 Å². The smallest absolute Gasteiger partial charge is 0.224 e. The number of benzene rings is 1. The molecule has 0 radical (unpaired) electrons. The summed E-state index contributed by atoms with van der Waals surface area (Å²) in [5.74, 6) is 0.683. The molecular weight excluding hydrogens is 250 g/mol. The number of carbonyl (C=O) groups excluding carboxylic acids is 1. The molecule has 1 amide bonds. The third kappa shape index (κ3) is 2.59. The van der Waals surface area contributed by atoms with E-state index < -0.39 is 0 Å². The highest BCUT2D eigenvalue weighted by Gasteiger charge is 2.43. The average molecular weight is 269 g/mol. The van der Waals surface area contributed by atoms with Crippen LogP contribution in [0, 0.1) is 12.8 Å². The topological polar surface area (TPSA) is 46.9 Å². The molecule has 4 heteroatoms. The monoisotopic (exact) mass is 269 g/mol. The maximum Gasteiger partial charge on any atom is 0.224 e. The molecule has 4 nitrogen and oxygen atoms in total. The van der Waals surface area contributed by atoms with Crippen LogP contribution in [0.2, 0.25) is 0 Å². The van der Waals surface area contributed by atoms with E-state index in [1.165, 1.54) is 5.56 Å². The van der Waals surface area contributed by atoms with Gasteiger partial charge >= 0.3 is 0 Å². The fraction of sp³-hybridized carbons (Fsp3) is 0.375. The minimum absolute atomic E-state index is 0.134. The van der Waals surface area contributed by atoms with Crippen LogP contribution in [0.1, 0.15) is 29.2 Å². The molecule has 1 aromatic carbocycles. The Morgan fingerprint density at radius 3 is 2.80 bits per heavy atom. The Morgan fingerprint density at radius 2 is 2.15 bits per heavy atom. The molecule has 0 aliphatic heterocycles. The molecule has 104 valence electrons. The summed E-state index contributed by atoms with van der Waals surface area (Å²) in [7, 11) is 1.89. The van der Waals surface area contributed by atoms with Gasteiger partial charge in [-0.3, -0.25) is 9.48 Å². The lowest BCUT2D eigenvalue weighted by Gasteiger charge is -2.04. The van der Waals surface area contributed by atoms with E-state index in [-0.39, 0.29) is 11.8 Å². The molecule has 1 aromatic heterocycles. The van der Waals surface area contributed by atoms with Crippen LogP contribution in [0.3, 0.4) is 0 Å². The molecule has 1 fully saturated rings. The molecule has 0 bridgehead atoms. The SMILES string of the molecule is Cc1nn(C)cc1CNC(=O)C1CC1c1ccccc1. The summed E-state index contributed by atoms with van der Waals surface area (Å²) >= 11 is 0. The van der Waals surface area contributed by atoms with Gasteiger partial charge in [-0.25, -0.2) is 0 Å². The van der Waals surface area contributed by atoms with Crippen LogP contribution < -0.4 is 5.32 Å². The van der Waals surface area contributed by atoms with Crippen LogP contribution in [0.25, 0.3) is 0 Å². The van der Waals surface area contributed by atoms with Crippen molar-refractivity contribution in [2.75, 3.05) is 0 Å². The molecule has 2 unspecified atom stereocenters. The lowest BCUT2D eigenvalue weighted by Crippen LogP contribution is -2.25. The lowest BCUT2D eigenvalue weighted by molar-refractivity contribution is -0.122. The van der Waals surface area contributed by atoms with Crippen molar-refractivity contribution in [1.82, 2.24) is 15.1 Å². The fourth-order valence-electron chi connectivity index (χ4n) is 2.69. The van der Waals surface area contributed by atoms with Crippen LogP contribution in [-0.2, 0) is 18.4 Å². The molecule has 1 heterocycles. The summed E-state index contributed by atoms with van der Waals surface area (Å²) in [6.45, 7) is 2.53. The van der Waals surface area contributed by atoms with Gasteiger partial charge in [0, 0.05) is 31.3 Å². The Bertz CT molecular complexity index is 618. The predicted octanol–water partition coefficient (Wildman–Crippen LogP) is 2.15. The molecule has 1 aliphatic carbocycles. The second kappa shape index (κ2) is 5.12. The highest BCUT2D eigenvalue weighted by atomic mass is 16.2. The highest BCUT2D eigenvalue weighted by molar-refractivity contribution is 5.82. The third-order valence-corrected chi connectivity index (χ3v) is 3.92. The molecule has 20 heavy (non-hydrogen) atoms. The predicted molar refractivity (Wildman–Crippen MR) is 77.1 cm³/mol. The van der Waals surface area contributed by atoms with Crippen molar-refractivity contribution in [3.63, 3.8) is 0 Å². The van der Waals surface area contributed by atoms with Gasteiger partial charge in [0.2, 0.25) is 5.91 Å². The van der Waals surface area contributed by atoms with E-state index in [0.29, 0.717) is 12.5 Å². The standard InChI is InChI=1S/C16H19N3O/c1-11-13(10-19(2)18-11)9-17-16(20)15-8-14(15)12-6-4-3-5-7-12/h3-7,10,14-15H,8-9H2,1-2H3,(H,17,20). The fourth-order valence-corrected chi connectivity index (χ4v) is 2.69. The number of aryl methyl sites for hydroxylation is 2. The number of carbonyl (C=O) groups is 1. The van der Waals surface area contributed by atoms with Gasteiger partial charge in [0.1, 0.15) is 0 Å². The normalized spacial score (nSPS) is 20.7. The largest absolute Gasteiger partial charge is 0.352 e. The Morgan fingerprint density at radius 1 is 1.40 bits per heavy atom. The number of hydrogen-bond donors (Lipinski definition) is 1. The third-order valence-electron chi connectivity index (χ3n) is 3.92. The van der Waals surface area contributed by atoms with Crippen LogP contribution in [-0.4, -0.2) is 15.7 Å². The van der Waals surface area contributed by atoms with E-state index in [1.807, 2.05) is 38.4 Å². The Kier molecular flexibility index (Phi) is 3.30. The van der Waals surface area contributed by atoms with Crippen molar-refractivity contribution in [1.29, 1.82) is 0 Å². The lowest BCUT2D eigenvalue weighted by atomic mass is 10.1. The number of hydrogen-bond acceptors (Lipinski definition) is 2. The second-order valence-electron chi connectivity index (χ2n) is 5.49. The zero-order valence-electron chi connectivity index (χ0n) is 11.8. The highest BCUT2D eigenvalue weighted by Crippen LogP contribution is 2.47. The van der Waals surface area contributed by atoms with Gasteiger partial charge in [-0.05, 0) is 24.8 Å². The zero-order valence-corrected chi connectivity index (χ0v) is 11.8.